The molecule has 3 atom stereocenters. The van der Waals surface area contributed by atoms with Gasteiger partial charge in [-0.2, -0.15) is 0 Å². The van der Waals surface area contributed by atoms with Crippen molar-refractivity contribution in [1.29, 1.82) is 0 Å². The molecule has 2 heterocycles. The number of amides is 1. The third-order valence-electron chi connectivity index (χ3n) is 5.16. The Bertz CT molecular complexity index is 846. The zero-order valence-corrected chi connectivity index (χ0v) is 15.0. The van der Waals surface area contributed by atoms with E-state index < -0.39 is 40.6 Å². The van der Waals surface area contributed by atoms with E-state index in [4.69, 9.17) is 9.15 Å². The minimum Gasteiger partial charge on any atom is -0.469 e. The molecule has 1 aromatic carbocycles. The summed E-state index contributed by atoms with van der Waals surface area (Å²) < 4.78 is 10.4. The first-order chi connectivity index (χ1) is 12.9. The predicted octanol–water partition coefficient (Wildman–Crippen LogP) is 2.02. The van der Waals surface area contributed by atoms with Gasteiger partial charge < -0.3 is 14.5 Å². The Kier molecular flexibility index (Phi) is 4.98. The van der Waals surface area contributed by atoms with Gasteiger partial charge in [0.05, 0.1) is 13.4 Å². The lowest BCUT2D eigenvalue weighted by Gasteiger charge is -2.34. The number of rotatable bonds is 6. The Hall–Kier alpha value is -3.16. The van der Waals surface area contributed by atoms with Gasteiger partial charge in [-0.25, -0.2) is 0 Å². The number of esters is 1. The van der Waals surface area contributed by atoms with Crippen LogP contribution in [0.2, 0.25) is 0 Å². The van der Waals surface area contributed by atoms with Gasteiger partial charge in [-0.05, 0) is 24.6 Å². The van der Waals surface area contributed by atoms with Crippen LogP contribution in [0.1, 0.15) is 28.7 Å². The number of hydrogen-bond acceptors (Lipinski definition) is 6. The molecule has 0 radical (unpaired) electrons. The maximum absolute atomic E-state index is 13.0. The molecule has 1 amide bonds. The third kappa shape index (κ3) is 3.07. The number of carbonyl (C=O) groups excluding carboxylic acids is 2. The number of methoxy groups -OCH3 is 1. The van der Waals surface area contributed by atoms with E-state index >= 15 is 0 Å². The molecular weight excluding hydrogens is 352 g/mol. The van der Waals surface area contributed by atoms with Crippen LogP contribution < -0.4 is 5.32 Å². The molecule has 2 aromatic rings. The van der Waals surface area contributed by atoms with Crippen LogP contribution in [0.15, 0.2) is 47.1 Å². The standard InChI is InChI=1S/C19H20N2O6/c1-12-5-7-13(8-6-12)14-10-20-17(22)19(14,18(23)26-2)15(11-21(24)25)16-4-3-9-27-16/h3-9,14-15H,10-11H2,1-2H3,(H,20,22)/t14-,15+,19+/m0/s1. The van der Waals surface area contributed by atoms with Gasteiger partial charge in [0.15, 0.2) is 5.41 Å². The number of benzene rings is 1. The summed E-state index contributed by atoms with van der Waals surface area (Å²) in [5.74, 6) is -2.95. The number of ether oxygens (including phenoxy) is 1. The summed E-state index contributed by atoms with van der Waals surface area (Å²) in [6, 6.07) is 10.5. The summed E-state index contributed by atoms with van der Waals surface area (Å²) in [7, 11) is 1.17. The Morgan fingerprint density at radius 3 is 2.67 bits per heavy atom. The molecule has 0 unspecified atom stereocenters. The van der Waals surface area contributed by atoms with Crippen LogP contribution in [0.4, 0.5) is 0 Å². The lowest BCUT2D eigenvalue weighted by molar-refractivity contribution is -0.486. The lowest BCUT2D eigenvalue weighted by Crippen LogP contribution is -2.49. The van der Waals surface area contributed by atoms with Gasteiger partial charge >= 0.3 is 5.97 Å². The van der Waals surface area contributed by atoms with E-state index in [0.29, 0.717) is 0 Å². The molecule has 0 spiro atoms. The van der Waals surface area contributed by atoms with Crippen molar-refractivity contribution in [2.45, 2.75) is 18.8 Å². The maximum Gasteiger partial charge on any atom is 0.323 e. The van der Waals surface area contributed by atoms with Crippen LogP contribution in [-0.4, -0.2) is 37.0 Å². The van der Waals surface area contributed by atoms with E-state index in [1.165, 1.54) is 19.4 Å². The summed E-state index contributed by atoms with van der Waals surface area (Å²) in [5, 5.41) is 14.1. The second kappa shape index (κ2) is 7.22. The van der Waals surface area contributed by atoms with Crippen LogP contribution in [-0.2, 0) is 14.3 Å². The molecule has 8 nitrogen and oxygen atoms in total. The molecule has 0 aliphatic carbocycles. The highest BCUT2D eigenvalue weighted by molar-refractivity contribution is 6.06. The molecule has 1 aliphatic heterocycles. The molecule has 142 valence electrons. The molecular formula is C19H20N2O6. The second-order valence-electron chi connectivity index (χ2n) is 6.62. The van der Waals surface area contributed by atoms with Crippen molar-refractivity contribution in [2.75, 3.05) is 20.2 Å². The normalized spacial score (nSPS) is 22.9. The number of carbonyl (C=O) groups is 2. The van der Waals surface area contributed by atoms with E-state index in [9.17, 15) is 19.7 Å². The number of nitrogens with one attached hydrogen (secondary N) is 1. The SMILES string of the molecule is COC(=O)[C@]1([C@H](C[N+](=O)[O-])c2ccco2)C(=O)NC[C@H]1c1ccc(C)cc1. The molecule has 1 aromatic heterocycles. The van der Waals surface area contributed by atoms with Gasteiger partial charge in [-0.1, -0.05) is 29.8 Å². The summed E-state index contributed by atoms with van der Waals surface area (Å²) in [6.07, 6.45) is 1.36. The number of furan rings is 1. The smallest absolute Gasteiger partial charge is 0.323 e. The van der Waals surface area contributed by atoms with Crippen LogP contribution in [0, 0.1) is 22.5 Å². The third-order valence-corrected chi connectivity index (χ3v) is 5.16. The van der Waals surface area contributed by atoms with Crippen molar-refractivity contribution >= 4 is 11.9 Å². The topological polar surface area (TPSA) is 112 Å². The highest BCUT2D eigenvalue weighted by Gasteiger charge is 2.64. The van der Waals surface area contributed by atoms with Gasteiger partial charge in [-0.3, -0.25) is 19.7 Å². The fraction of sp³-hybridized carbons (Fsp3) is 0.368. The average molecular weight is 372 g/mol. The van der Waals surface area contributed by atoms with Crippen LogP contribution in [0.5, 0.6) is 0 Å². The summed E-state index contributed by atoms with van der Waals surface area (Å²) in [4.78, 5) is 36.8. The van der Waals surface area contributed by atoms with E-state index in [0.717, 1.165) is 11.1 Å². The van der Waals surface area contributed by atoms with Gasteiger partial charge in [-0.15, -0.1) is 0 Å². The summed E-state index contributed by atoms with van der Waals surface area (Å²) in [5.41, 5.74) is -0.0496. The first-order valence-corrected chi connectivity index (χ1v) is 8.49. The number of aryl methyl sites for hydroxylation is 1. The van der Waals surface area contributed by atoms with E-state index in [-0.39, 0.29) is 12.3 Å². The van der Waals surface area contributed by atoms with Gasteiger partial charge in [0, 0.05) is 17.4 Å². The van der Waals surface area contributed by atoms with E-state index in [1.54, 1.807) is 6.07 Å². The molecule has 8 heteroatoms. The number of nitro groups is 1. The van der Waals surface area contributed by atoms with Gasteiger partial charge in [0.25, 0.3) is 0 Å². The molecule has 0 saturated carbocycles. The van der Waals surface area contributed by atoms with Crippen molar-refractivity contribution in [3.63, 3.8) is 0 Å². The maximum atomic E-state index is 13.0. The van der Waals surface area contributed by atoms with Crippen molar-refractivity contribution in [1.82, 2.24) is 5.32 Å². The van der Waals surface area contributed by atoms with Crippen LogP contribution in [0.25, 0.3) is 0 Å². The van der Waals surface area contributed by atoms with E-state index in [2.05, 4.69) is 5.32 Å². The monoisotopic (exact) mass is 372 g/mol. The molecule has 1 aliphatic rings. The van der Waals surface area contributed by atoms with Crippen molar-refractivity contribution in [2.24, 2.45) is 5.41 Å². The fourth-order valence-corrected chi connectivity index (χ4v) is 3.88. The molecule has 1 fully saturated rings. The van der Waals surface area contributed by atoms with Crippen molar-refractivity contribution < 1.29 is 23.7 Å². The largest absolute Gasteiger partial charge is 0.469 e. The second-order valence-corrected chi connectivity index (χ2v) is 6.62. The summed E-state index contributed by atoms with van der Waals surface area (Å²) >= 11 is 0. The minimum atomic E-state index is -1.80. The number of hydrogen-bond donors (Lipinski definition) is 1. The van der Waals surface area contributed by atoms with Crippen molar-refractivity contribution in [3.8, 4) is 0 Å². The predicted molar refractivity (Wildman–Crippen MR) is 94.7 cm³/mol. The quantitative estimate of drug-likeness (QED) is 0.359. The molecule has 27 heavy (non-hydrogen) atoms. The molecule has 3 rings (SSSR count). The Labute approximate surface area is 155 Å². The highest BCUT2D eigenvalue weighted by Crippen LogP contribution is 2.51. The molecule has 1 N–H and O–H groups in total. The van der Waals surface area contributed by atoms with Crippen molar-refractivity contribution in [3.05, 3.63) is 69.7 Å². The zero-order chi connectivity index (χ0) is 19.6. The van der Waals surface area contributed by atoms with Crippen LogP contribution >= 0.6 is 0 Å². The Morgan fingerprint density at radius 1 is 1.41 bits per heavy atom. The van der Waals surface area contributed by atoms with Gasteiger partial charge in [0.2, 0.25) is 12.5 Å². The molecule has 0 bridgehead atoms. The highest BCUT2D eigenvalue weighted by atomic mass is 16.6. The first-order valence-electron chi connectivity index (χ1n) is 8.49. The lowest BCUT2D eigenvalue weighted by atomic mass is 9.64. The zero-order valence-electron chi connectivity index (χ0n) is 15.0. The minimum absolute atomic E-state index is 0.173. The van der Waals surface area contributed by atoms with Gasteiger partial charge in [0.1, 0.15) is 11.7 Å². The van der Waals surface area contributed by atoms with E-state index in [1.807, 2.05) is 31.2 Å². The fourth-order valence-electron chi connectivity index (χ4n) is 3.88. The summed E-state index contributed by atoms with van der Waals surface area (Å²) in [6.45, 7) is 1.46. The number of nitrogens with zero attached hydrogens (tertiary/aromatic N) is 1. The Morgan fingerprint density at radius 2 is 2.11 bits per heavy atom. The molecule has 1 saturated heterocycles. The van der Waals surface area contributed by atoms with Crippen LogP contribution in [0.3, 0.4) is 0 Å². The average Bonchev–Trinajstić information content (AvgIpc) is 3.28. The Balaban J connectivity index is 2.21. The first kappa shape index (κ1) is 18.6.